The second kappa shape index (κ2) is 4.83. The zero-order valence-electron chi connectivity index (χ0n) is 8.40. The van der Waals surface area contributed by atoms with Gasteiger partial charge in [0.15, 0.2) is 6.29 Å². The van der Waals surface area contributed by atoms with Crippen molar-refractivity contribution in [1.29, 1.82) is 0 Å². The van der Waals surface area contributed by atoms with Crippen molar-refractivity contribution in [3.63, 3.8) is 0 Å². The van der Waals surface area contributed by atoms with Crippen molar-refractivity contribution in [2.75, 3.05) is 25.1 Å². The van der Waals surface area contributed by atoms with Gasteiger partial charge in [0, 0.05) is 11.3 Å². The smallest absolute Gasteiger partial charge is 0.174 e. The lowest BCUT2D eigenvalue weighted by Gasteiger charge is -2.11. The second-order valence-electron chi connectivity index (χ2n) is 3.28. The number of terminal acetylenes is 1. The van der Waals surface area contributed by atoms with Crippen molar-refractivity contribution in [1.82, 2.24) is 0 Å². The molecule has 0 unspecified atom stereocenters. The molecule has 2 rings (SSSR count). The Hall–Kier alpha value is -1.50. The van der Waals surface area contributed by atoms with E-state index in [9.17, 15) is 0 Å². The number of hydrogen-bond acceptors (Lipinski definition) is 3. The molecule has 1 N–H and O–H groups in total. The van der Waals surface area contributed by atoms with E-state index >= 15 is 0 Å². The minimum absolute atomic E-state index is 0.139. The number of benzene rings is 1. The average Bonchev–Trinajstić information content (AvgIpc) is 2.79. The molecular formula is C12H13NO2. The summed E-state index contributed by atoms with van der Waals surface area (Å²) in [5.74, 6) is 2.59. The Morgan fingerprint density at radius 3 is 2.93 bits per heavy atom. The molecule has 0 radical (unpaired) electrons. The van der Waals surface area contributed by atoms with Crippen LogP contribution in [0.2, 0.25) is 0 Å². The van der Waals surface area contributed by atoms with Crippen LogP contribution in [0.25, 0.3) is 0 Å². The molecule has 1 aliphatic heterocycles. The topological polar surface area (TPSA) is 30.5 Å². The number of ether oxygens (including phenoxy) is 2. The highest BCUT2D eigenvalue weighted by Gasteiger charge is 2.14. The highest BCUT2D eigenvalue weighted by Crippen LogP contribution is 2.11. The average molecular weight is 203 g/mol. The molecule has 0 aliphatic carbocycles. The van der Waals surface area contributed by atoms with E-state index in [1.165, 1.54) is 0 Å². The van der Waals surface area contributed by atoms with Gasteiger partial charge in [0.2, 0.25) is 0 Å². The molecule has 1 aromatic rings. The van der Waals surface area contributed by atoms with Gasteiger partial charge in [-0.25, -0.2) is 0 Å². The maximum Gasteiger partial charge on any atom is 0.174 e. The minimum atomic E-state index is -0.139. The summed E-state index contributed by atoms with van der Waals surface area (Å²) in [6.45, 7) is 2.00. The van der Waals surface area contributed by atoms with Crippen molar-refractivity contribution in [2.24, 2.45) is 0 Å². The van der Waals surface area contributed by atoms with Crippen LogP contribution in [0.1, 0.15) is 5.56 Å². The maximum absolute atomic E-state index is 5.31. The fraction of sp³-hybridized carbons (Fsp3) is 0.333. The molecule has 3 heteroatoms. The van der Waals surface area contributed by atoms with Gasteiger partial charge in [-0.3, -0.25) is 0 Å². The van der Waals surface area contributed by atoms with Crippen LogP contribution in [0.15, 0.2) is 24.3 Å². The predicted molar refractivity (Wildman–Crippen MR) is 58.6 cm³/mol. The van der Waals surface area contributed by atoms with Crippen LogP contribution < -0.4 is 5.32 Å². The van der Waals surface area contributed by atoms with Crippen molar-refractivity contribution < 1.29 is 9.47 Å². The zero-order chi connectivity index (χ0) is 10.5. The first-order valence-corrected chi connectivity index (χ1v) is 4.92. The summed E-state index contributed by atoms with van der Waals surface area (Å²) in [6, 6.07) is 7.71. The highest BCUT2D eigenvalue weighted by molar-refractivity contribution is 5.49. The van der Waals surface area contributed by atoms with Crippen LogP contribution in [0.3, 0.4) is 0 Å². The Morgan fingerprint density at radius 2 is 2.20 bits per heavy atom. The Kier molecular flexibility index (Phi) is 3.23. The first-order chi connectivity index (χ1) is 7.38. The summed E-state index contributed by atoms with van der Waals surface area (Å²) in [5.41, 5.74) is 1.86. The lowest BCUT2D eigenvalue weighted by Crippen LogP contribution is -2.20. The van der Waals surface area contributed by atoms with E-state index in [4.69, 9.17) is 15.9 Å². The van der Waals surface area contributed by atoms with E-state index in [1.807, 2.05) is 24.3 Å². The summed E-state index contributed by atoms with van der Waals surface area (Å²) in [5, 5.41) is 3.22. The molecule has 1 aliphatic rings. The number of nitrogens with one attached hydrogen (secondary N) is 1. The predicted octanol–water partition coefficient (Wildman–Crippen LogP) is 1.45. The summed E-state index contributed by atoms with van der Waals surface area (Å²) < 4.78 is 10.6. The molecule has 0 amide bonds. The first kappa shape index (κ1) is 10.0. The molecule has 15 heavy (non-hydrogen) atoms. The van der Waals surface area contributed by atoms with Gasteiger partial charge in [0.05, 0.1) is 19.8 Å². The molecule has 1 heterocycles. The third-order valence-electron chi connectivity index (χ3n) is 2.19. The van der Waals surface area contributed by atoms with Gasteiger partial charge < -0.3 is 14.8 Å². The van der Waals surface area contributed by atoms with E-state index in [-0.39, 0.29) is 6.29 Å². The monoisotopic (exact) mass is 203 g/mol. The van der Waals surface area contributed by atoms with Crippen LogP contribution in [-0.2, 0) is 9.47 Å². The fourth-order valence-electron chi connectivity index (χ4n) is 1.45. The summed E-state index contributed by atoms with van der Waals surface area (Å²) >= 11 is 0. The van der Waals surface area contributed by atoms with E-state index in [0.29, 0.717) is 19.8 Å². The molecule has 78 valence electrons. The van der Waals surface area contributed by atoms with E-state index in [2.05, 4.69) is 11.2 Å². The number of hydrogen-bond donors (Lipinski definition) is 1. The summed E-state index contributed by atoms with van der Waals surface area (Å²) in [7, 11) is 0. The molecule has 0 aromatic heterocycles. The van der Waals surface area contributed by atoms with Crippen molar-refractivity contribution in [3.05, 3.63) is 29.8 Å². The molecule has 0 bridgehead atoms. The Labute approximate surface area is 89.4 Å². The molecule has 3 nitrogen and oxygen atoms in total. The molecule has 0 atom stereocenters. The molecular weight excluding hydrogens is 190 g/mol. The normalized spacial score (nSPS) is 16.2. The fourth-order valence-corrected chi connectivity index (χ4v) is 1.45. The summed E-state index contributed by atoms with van der Waals surface area (Å²) in [6.07, 6.45) is 5.17. The van der Waals surface area contributed by atoms with Gasteiger partial charge in [-0.05, 0) is 18.2 Å². The lowest BCUT2D eigenvalue weighted by molar-refractivity contribution is -0.0299. The van der Waals surface area contributed by atoms with Gasteiger partial charge in [-0.15, -0.1) is 6.42 Å². The van der Waals surface area contributed by atoms with Gasteiger partial charge in [-0.2, -0.15) is 0 Å². The van der Waals surface area contributed by atoms with Gasteiger partial charge in [0.25, 0.3) is 0 Å². The van der Waals surface area contributed by atoms with Crippen molar-refractivity contribution >= 4 is 5.69 Å². The Morgan fingerprint density at radius 1 is 1.40 bits per heavy atom. The zero-order valence-corrected chi connectivity index (χ0v) is 8.40. The summed E-state index contributed by atoms with van der Waals surface area (Å²) in [4.78, 5) is 0. The van der Waals surface area contributed by atoms with Crippen LogP contribution in [0, 0.1) is 12.3 Å². The molecule has 0 spiro atoms. The molecule has 0 saturated carbocycles. The van der Waals surface area contributed by atoms with E-state index < -0.39 is 0 Å². The first-order valence-electron chi connectivity index (χ1n) is 4.92. The number of anilines is 1. The molecule has 1 fully saturated rings. The maximum atomic E-state index is 5.31. The van der Waals surface area contributed by atoms with Gasteiger partial charge in [-0.1, -0.05) is 12.0 Å². The van der Waals surface area contributed by atoms with E-state index in [0.717, 1.165) is 11.3 Å². The van der Waals surface area contributed by atoms with Crippen molar-refractivity contribution in [3.8, 4) is 12.3 Å². The van der Waals surface area contributed by atoms with Crippen LogP contribution >= 0.6 is 0 Å². The quantitative estimate of drug-likeness (QED) is 0.754. The Balaban J connectivity index is 1.90. The number of rotatable bonds is 3. The molecule has 1 aromatic carbocycles. The third-order valence-corrected chi connectivity index (χ3v) is 2.19. The van der Waals surface area contributed by atoms with Crippen LogP contribution in [0.4, 0.5) is 5.69 Å². The molecule has 1 saturated heterocycles. The SMILES string of the molecule is C#Cc1cccc(NCC2OCCO2)c1. The lowest BCUT2D eigenvalue weighted by atomic mass is 10.2. The van der Waals surface area contributed by atoms with Gasteiger partial charge >= 0.3 is 0 Å². The van der Waals surface area contributed by atoms with Crippen LogP contribution in [-0.4, -0.2) is 26.0 Å². The van der Waals surface area contributed by atoms with E-state index in [1.54, 1.807) is 0 Å². The third kappa shape index (κ3) is 2.72. The second-order valence-corrected chi connectivity index (χ2v) is 3.28. The van der Waals surface area contributed by atoms with Gasteiger partial charge in [0.1, 0.15) is 0 Å². The highest BCUT2D eigenvalue weighted by atomic mass is 16.7. The standard InChI is InChI=1S/C12H13NO2/c1-2-10-4-3-5-11(8-10)13-9-12-14-6-7-15-12/h1,3-5,8,12-13H,6-7,9H2. The Bertz CT molecular complexity index is 364. The largest absolute Gasteiger partial charge is 0.380 e. The van der Waals surface area contributed by atoms with Crippen LogP contribution in [0.5, 0.6) is 0 Å². The minimum Gasteiger partial charge on any atom is -0.380 e. The van der Waals surface area contributed by atoms with Crippen molar-refractivity contribution in [2.45, 2.75) is 6.29 Å².